The number of aryl methyl sites for hydroxylation is 1. The zero-order valence-corrected chi connectivity index (χ0v) is 15.7. The molecule has 2 aromatic rings. The number of carbonyl (C=O) groups excluding carboxylic acids is 1. The number of anilines is 2. The van der Waals surface area contributed by atoms with Crippen molar-refractivity contribution >= 4 is 38.7 Å². The lowest BCUT2D eigenvalue weighted by molar-refractivity contribution is -0.114. The molecule has 0 aliphatic heterocycles. The van der Waals surface area contributed by atoms with Crippen molar-refractivity contribution < 1.29 is 17.9 Å². The number of nitrogens with one attached hydrogen (secondary N) is 2. The van der Waals surface area contributed by atoms with Crippen LogP contribution in [0.4, 0.5) is 11.4 Å². The van der Waals surface area contributed by atoms with E-state index in [9.17, 15) is 13.2 Å². The fourth-order valence-corrected chi connectivity index (χ4v) is 3.44. The molecule has 0 unspecified atom stereocenters. The van der Waals surface area contributed by atoms with Crippen LogP contribution >= 0.6 is 11.6 Å². The first-order valence-corrected chi connectivity index (χ1v) is 9.65. The second-order valence-corrected chi connectivity index (χ2v) is 7.95. The Morgan fingerprint density at radius 2 is 1.96 bits per heavy atom. The van der Waals surface area contributed by atoms with Crippen molar-refractivity contribution in [1.82, 2.24) is 0 Å². The average molecular weight is 383 g/mol. The van der Waals surface area contributed by atoms with Crippen LogP contribution in [0.2, 0.25) is 5.02 Å². The van der Waals surface area contributed by atoms with Crippen molar-refractivity contribution in [2.45, 2.75) is 11.8 Å². The van der Waals surface area contributed by atoms with E-state index in [-0.39, 0.29) is 28.1 Å². The predicted molar refractivity (Wildman–Crippen MR) is 99.4 cm³/mol. The summed E-state index contributed by atoms with van der Waals surface area (Å²) in [5.74, 6) is -0.163. The average Bonchev–Trinajstić information content (AvgIpc) is 2.51. The summed E-state index contributed by atoms with van der Waals surface area (Å²) in [5.41, 5.74) is 2.04. The van der Waals surface area contributed by atoms with E-state index < -0.39 is 9.84 Å². The van der Waals surface area contributed by atoms with Gasteiger partial charge in [0.15, 0.2) is 15.6 Å². The highest BCUT2D eigenvalue weighted by Gasteiger charge is 2.19. The molecular formula is C17H19ClN2O4S. The Labute approximate surface area is 152 Å². The molecule has 0 bridgehead atoms. The van der Waals surface area contributed by atoms with Gasteiger partial charge in [-0.2, -0.15) is 0 Å². The molecule has 1 amide bonds. The summed E-state index contributed by atoms with van der Waals surface area (Å²) >= 11 is 5.99. The van der Waals surface area contributed by atoms with E-state index in [2.05, 4.69) is 10.6 Å². The van der Waals surface area contributed by atoms with Crippen LogP contribution in [0, 0.1) is 6.92 Å². The highest BCUT2D eigenvalue weighted by molar-refractivity contribution is 7.90. The van der Waals surface area contributed by atoms with Crippen molar-refractivity contribution in [3.8, 4) is 5.75 Å². The summed E-state index contributed by atoms with van der Waals surface area (Å²) in [7, 11) is -2.18. The van der Waals surface area contributed by atoms with Gasteiger partial charge in [-0.3, -0.25) is 4.79 Å². The first-order valence-electron chi connectivity index (χ1n) is 7.38. The number of hydrogen-bond donors (Lipinski definition) is 2. The molecule has 0 saturated carbocycles. The van der Waals surface area contributed by atoms with Gasteiger partial charge in [0, 0.05) is 17.0 Å². The van der Waals surface area contributed by atoms with E-state index in [0.29, 0.717) is 11.4 Å². The van der Waals surface area contributed by atoms with Gasteiger partial charge in [-0.25, -0.2) is 8.42 Å². The Hall–Kier alpha value is -2.25. The zero-order chi connectivity index (χ0) is 18.6. The summed E-state index contributed by atoms with van der Waals surface area (Å²) in [4.78, 5) is 12.1. The van der Waals surface area contributed by atoms with Crippen LogP contribution in [0.25, 0.3) is 0 Å². The molecular weight excluding hydrogens is 364 g/mol. The van der Waals surface area contributed by atoms with Gasteiger partial charge in [0.2, 0.25) is 5.91 Å². The fourth-order valence-electron chi connectivity index (χ4n) is 2.29. The quantitative estimate of drug-likeness (QED) is 0.801. The van der Waals surface area contributed by atoms with E-state index >= 15 is 0 Å². The van der Waals surface area contributed by atoms with Crippen LogP contribution in [0.15, 0.2) is 41.3 Å². The molecule has 2 aromatic carbocycles. The molecule has 0 radical (unpaired) electrons. The lowest BCUT2D eigenvalue weighted by atomic mass is 10.2. The van der Waals surface area contributed by atoms with E-state index in [0.717, 1.165) is 11.8 Å². The predicted octanol–water partition coefficient (Wildman–Crippen LogP) is 3.11. The summed E-state index contributed by atoms with van der Waals surface area (Å²) in [6.45, 7) is 1.85. The Kier molecular flexibility index (Phi) is 5.92. The molecule has 0 aliphatic carbocycles. The van der Waals surface area contributed by atoms with E-state index in [1.807, 2.05) is 25.1 Å². The van der Waals surface area contributed by atoms with Crippen LogP contribution in [0.3, 0.4) is 0 Å². The van der Waals surface area contributed by atoms with Gasteiger partial charge in [-0.1, -0.05) is 23.7 Å². The topological polar surface area (TPSA) is 84.5 Å². The number of sulfone groups is 1. The van der Waals surface area contributed by atoms with Gasteiger partial charge < -0.3 is 15.4 Å². The van der Waals surface area contributed by atoms with Gasteiger partial charge in [-0.05, 0) is 36.8 Å². The molecule has 25 heavy (non-hydrogen) atoms. The Bertz CT molecular complexity index is 898. The molecule has 0 heterocycles. The second-order valence-electron chi connectivity index (χ2n) is 5.53. The smallest absolute Gasteiger partial charge is 0.243 e. The van der Waals surface area contributed by atoms with Crippen molar-refractivity contribution in [2.75, 3.05) is 30.5 Å². The maximum absolute atomic E-state index is 12.1. The van der Waals surface area contributed by atoms with Gasteiger partial charge in [0.05, 0.1) is 19.3 Å². The number of hydrogen-bond acceptors (Lipinski definition) is 5. The summed E-state index contributed by atoms with van der Waals surface area (Å²) in [6, 6.07) is 10.2. The molecule has 0 atom stereocenters. The highest BCUT2D eigenvalue weighted by Crippen LogP contribution is 2.35. The maximum atomic E-state index is 12.1. The Morgan fingerprint density at radius 1 is 1.24 bits per heavy atom. The molecule has 2 N–H and O–H groups in total. The largest absolute Gasteiger partial charge is 0.493 e. The standard InChI is InChI=1S/C17H19ClN2O4S/c1-11-5-4-6-13(7-11)20-16(21)10-19-14-8-12(18)9-15(17(14)24-2)25(3,22)23/h4-9,19H,10H2,1-3H3,(H,20,21). The Balaban J connectivity index is 2.17. The number of ether oxygens (including phenoxy) is 1. The Morgan fingerprint density at radius 3 is 2.56 bits per heavy atom. The van der Waals surface area contributed by atoms with E-state index in [1.54, 1.807) is 6.07 Å². The molecule has 8 heteroatoms. The highest BCUT2D eigenvalue weighted by atomic mass is 35.5. The lowest BCUT2D eigenvalue weighted by Crippen LogP contribution is -2.22. The van der Waals surface area contributed by atoms with E-state index in [4.69, 9.17) is 16.3 Å². The minimum atomic E-state index is -3.53. The molecule has 0 fully saturated rings. The summed E-state index contributed by atoms with van der Waals surface area (Å²) < 4.78 is 29.0. The second kappa shape index (κ2) is 7.76. The fraction of sp³-hybridized carbons (Fsp3) is 0.235. The van der Waals surface area contributed by atoms with Crippen LogP contribution in [0.1, 0.15) is 5.56 Å². The van der Waals surface area contributed by atoms with Crippen molar-refractivity contribution in [2.24, 2.45) is 0 Å². The van der Waals surface area contributed by atoms with Gasteiger partial charge in [0.1, 0.15) is 4.90 Å². The third-order valence-corrected chi connectivity index (χ3v) is 4.68. The molecule has 6 nitrogen and oxygen atoms in total. The zero-order valence-electron chi connectivity index (χ0n) is 14.1. The van der Waals surface area contributed by atoms with Crippen molar-refractivity contribution in [1.29, 1.82) is 0 Å². The number of carbonyl (C=O) groups is 1. The normalized spacial score (nSPS) is 11.0. The van der Waals surface area contributed by atoms with E-state index in [1.165, 1.54) is 19.2 Å². The third-order valence-electron chi connectivity index (χ3n) is 3.36. The molecule has 0 saturated heterocycles. The molecule has 2 rings (SSSR count). The third kappa shape index (κ3) is 5.11. The van der Waals surface area contributed by atoms with Crippen molar-refractivity contribution in [3.63, 3.8) is 0 Å². The molecule has 0 aromatic heterocycles. The van der Waals surface area contributed by atoms with Crippen molar-refractivity contribution in [3.05, 3.63) is 47.0 Å². The maximum Gasteiger partial charge on any atom is 0.243 e. The van der Waals surface area contributed by atoms with Gasteiger partial charge >= 0.3 is 0 Å². The number of halogens is 1. The van der Waals surface area contributed by atoms with Crippen LogP contribution in [-0.4, -0.2) is 34.2 Å². The number of rotatable bonds is 6. The monoisotopic (exact) mass is 382 g/mol. The van der Waals surface area contributed by atoms with Crippen LogP contribution in [0.5, 0.6) is 5.75 Å². The van der Waals surface area contributed by atoms with Crippen LogP contribution in [-0.2, 0) is 14.6 Å². The minimum Gasteiger partial charge on any atom is -0.493 e. The molecule has 0 aliphatic rings. The minimum absolute atomic E-state index is 0.0379. The van der Waals surface area contributed by atoms with Gasteiger partial charge in [0.25, 0.3) is 0 Å². The SMILES string of the molecule is COc1c(NCC(=O)Nc2cccc(C)c2)cc(Cl)cc1S(C)(=O)=O. The molecule has 134 valence electrons. The lowest BCUT2D eigenvalue weighted by Gasteiger charge is -2.15. The summed E-state index contributed by atoms with van der Waals surface area (Å²) in [5, 5.41) is 5.85. The van der Waals surface area contributed by atoms with Gasteiger partial charge in [-0.15, -0.1) is 0 Å². The first kappa shape index (κ1) is 19.1. The number of benzene rings is 2. The van der Waals surface area contributed by atoms with Crippen LogP contribution < -0.4 is 15.4 Å². The number of amides is 1. The first-order chi connectivity index (χ1) is 11.7. The number of methoxy groups -OCH3 is 1. The molecule has 0 spiro atoms. The summed E-state index contributed by atoms with van der Waals surface area (Å²) in [6.07, 6.45) is 1.06.